The fourth-order valence-electron chi connectivity index (χ4n) is 0.914. The number of carbonyl (C=O) groups excluding carboxylic acids is 1. The van der Waals surface area contributed by atoms with E-state index >= 15 is 0 Å². The molecular formula is C9H7ClF2O2. The second kappa shape index (κ2) is 3.92. The van der Waals surface area contributed by atoms with E-state index in [1.54, 1.807) is 0 Å². The standard InChI is InChI=1S/C9H7ClF2O2/c1-14-7-4-2-6(3-5-7)9(11,12)8(10)13/h2-5H,1H3. The van der Waals surface area contributed by atoms with Crippen LogP contribution in [0.1, 0.15) is 5.56 Å². The van der Waals surface area contributed by atoms with Gasteiger partial charge in [0.25, 0.3) is 5.24 Å². The molecule has 0 unspecified atom stereocenters. The number of benzene rings is 1. The number of hydrogen-bond acceptors (Lipinski definition) is 2. The first kappa shape index (κ1) is 10.9. The molecule has 5 heteroatoms. The molecular weight excluding hydrogens is 214 g/mol. The zero-order chi connectivity index (χ0) is 10.8. The van der Waals surface area contributed by atoms with Crippen LogP contribution in [-0.4, -0.2) is 12.4 Å². The minimum absolute atomic E-state index is 0.437. The van der Waals surface area contributed by atoms with Crippen LogP contribution < -0.4 is 4.74 Å². The summed E-state index contributed by atoms with van der Waals surface area (Å²) in [6, 6.07) is 4.87. The molecule has 0 radical (unpaired) electrons. The van der Waals surface area contributed by atoms with E-state index in [0.29, 0.717) is 5.75 Å². The molecule has 1 aromatic carbocycles. The first-order valence-corrected chi connectivity index (χ1v) is 4.08. The Labute approximate surface area is 84.4 Å². The third-order valence-corrected chi connectivity index (χ3v) is 1.94. The van der Waals surface area contributed by atoms with Crippen LogP contribution in [0.4, 0.5) is 8.78 Å². The highest BCUT2D eigenvalue weighted by atomic mass is 35.5. The van der Waals surface area contributed by atoms with E-state index in [0.717, 1.165) is 12.1 Å². The summed E-state index contributed by atoms with van der Waals surface area (Å²) in [6.45, 7) is 0. The lowest BCUT2D eigenvalue weighted by Gasteiger charge is -2.11. The summed E-state index contributed by atoms with van der Waals surface area (Å²) in [7, 11) is 1.42. The monoisotopic (exact) mass is 220 g/mol. The zero-order valence-corrected chi connectivity index (χ0v) is 8.02. The SMILES string of the molecule is COc1ccc(C(F)(F)C(=O)Cl)cc1. The van der Waals surface area contributed by atoms with Gasteiger partial charge in [-0.1, -0.05) is 0 Å². The quantitative estimate of drug-likeness (QED) is 0.732. The van der Waals surface area contributed by atoms with Crippen LogP contribution in [0.2, 0.25) is 0 Å². The normalized spacial score (nSPS) is 11.1. The van der Waals surface area contributed by atoms with Gasteiger partial charge < -0.3 is 4.74 Å². The Bertz CT molecular complexity index is 335. The van der Waals surface area contributed by atoms with Gasteiger partial charge >= 0.3 is 5.92 Å². The van der Waals surface area contributed by atoms with Gasteiger partial charge in [-0.15, -0.1) is 0 Å². The number of carbonyl (C=O) groups is 1. The fraction of sp³-hybridized carbons (Fsp3) is 0.222. The summed E-state index contributed by atoms with van der Waals surface area (Å²) in [5.41, 5.74) is -0.446. The Morgan fingerprint density at radius 1 is 1.36 bits per heavy atom. The molecule has 0 aliphatic carbocycles. The smallest absolute Gasteiger partial charge is 0.345 e. The molecule has 1 aromatic rings. The van der Waals surface area contributed by atoms with Crippen molar-refractivity contribution >= 4 is 16.8 Å². The molecule has 0 spiro atoms. The van der Waals surface area contributed by atoms with Gasteiger partial charge in [0.05, 0.1) is 7.11 Å². The van der Waals surface area contributed by atoms with Crippen LogP contribution in [0, 0.1) is 0 Å². The van der Waals surface area contributed by atoms with Crippen LogP contribution in [0.5, 0.6) is 5.75 Å². The summed E-state index contributed by atoms with van der Waals surface area (Å²) >= 11 is 4.76. The van der Waals surface area contributed by atoms with Crippen LogP contribution in [0.15, 0.2) is 24.3 Å². The Kier molecular flexibility index (Phi) is 3.06. The summed E-state index contributed by atoms with van der Waals surface area (Å²) in [5.74, 6) is -3.21. The lowest BCUT2D eigenvalue weighted by molar-refractivity contribution is -0.135. The third kappa shape index (κ3) is 2.01. The highest BCUT2D eigenvalue weighted by Gasteiger charge is 2.39. The largest absolute Gasteiger partial charge is 0.497 e. The second-order valence-electron chi connectivity index (χ2n) is 2.58. The second-order valence-corrected chi connectivity index (χ2v) is 2.92. The van der Waals surface area contributed by atoms with E-state index in [-0.39, 0.29) is 0 Å². The van der Waals surface area contributed by atoms with Gasteiger partial charge in [-0.05, 0) is 35.9 Å². The highest BCUT2D eigenvalue weighted by molar-refractivity contribution is 6.65. The first-order chi connectivity index (χ1) is 6.48. The minimum atomic E-state index is -3.65. The van der Waals surface area contributed by atoms with E-state index in [1.165, 1.54) is 19.2 Å². The molecule has 0 saturated carbocycles. The third-order valence-electron chi connectivity index (χ3n) is 1.70. The van der Waals surface area contributed by atoms with Gasteiger partial charge in [-0.25, -0.2) is 0 Å². The van der Waals surface area contributed by atoms with E-state index in [1.807, 2.05) is 0 Å². The number of halogens is 3. The van der Waals surface area contributed by atoms with E-state index < -0.39 is 16.7 Å². The minimum Gasteiger partial charge on any atom is -0.497 e. The van der Waals surface area contributed by atoms with Crippen molar-refractivity contribution in [3.63, 3.8) is 0 Å². The van der Waals surface area contributed by atoms with Gasteiger partial charge in [0.2, 0.25) is 0 Å². The highest BCUT2D eigenvalue weighted by Crippen LogP contribution is 2.31. The summed E-state index contributed by atoms with van der Waals surface area (Å²) in [5, 5.41) is -1.69. The molecule has 0 heterocycles. The summed E-state index contributed by atoms with van der Waals surface area (Å²) in [4.78, 5) is 10.4. The van der Waals surface area contributed by atoms with Crippen molar-refractivity contribution in [3.05, 3.63) is 29.8 Å². The molecule has 1 rings (SSSR count). The lowest BCUT2D eigenvalue weighted by atomic mass is 10.1. The number of ether oxygens (including phenoxy) is 1. The molecule has 0 aromatic heterocycles. The fourth-order valence-corrected chi connectivity index (χ4v) is 1.02. The van der Waals surface area contributed by atoms with E-state index in [9.17, 15) is 13.6 Å². The van der Waals surface area contributed by atoms with Crippen molar-refractivity contribution in [1.29, 1.82) is 0 Å². The van der Waals surface area contributed by atoms with Gasteiger partial charge in [0.1, 0.15) is 5.75 Å². The van der Waals surface area contributed by atoms with Crippen LogP contribution in [0.25, 0.3) is 0 Å². The molecule has 0 atom stereocenters. The molecule has 0 fully saturated rings. The average molecular weight is 221 g/mol. The Hall–Kier alpha value is -1.16. The number of rotatable bonds is 3. The van der Waals surface area contributed by atoms with Crippen LogP contribution in [0.3, 0.4) is 0 Å². The van der Waals surface area contributed by atoms with E-state index in [4.69, 9.17) is 16.3 Å². The summed E-state index contributed by atoms with van der Waals surface area (Å²) in [6.07, 6.45) is 0. The molecule has 0 bridgehead atoms. The van der Waals surface area contributed by atoms with Crippen molar-refractivity contribution in [3.8, 4) is 5.75 Å². The summed E-state index contributed by atoms with van der Waals surface area (Å²) < 4.78 is 30.8. The lowest BCUT2D eigenvalue weighted by Crippen LogP contribution is -2.20. The molecule has 0 saturated heterocycles. The van der Waals surface area contributed by atoms with Crippen molar-refractivity contribution < 1.29 is 18.3 Å². The first-order valence-electron chi connectivity index (χ1n) is 3.70. The van der Waals surface area contributed by atoms with Gasteiger partial charge in [-0.3, -0.25) is 4.79 Å². The van der Waals surface area contributed by atoms with Gasteiger partial charge in [0, 0.05) is 5.56 Å². The Morgan fingerprint density at radius 3 is 2.21 bits per heavy atom. The van der Waals surface area contributed by atoms with Gasteiger partial charge in [-0.2, -0.15) is 8.78 Å². The Balaban J connectivity index is 3.02. The topological polar surface area (TPSA) is 26.3 Å². The van der Waals surface area contributed by atoms with Crippen molar-refractivity contribution in [2.45, 2.75) is 5.92 Å². The van der Waals surface area contributed by atoms with Crippen LogP contribution >= 0.6 is 11.6 Å². The Morgan fingerprint density at radius 2 is 1.86 bits per heavy atom. The van der Waals surface area contributed by atoms with Crippen molar-refractivity contribution in [2.75, 3.05) is 7.11 Å². The van der Waals surface area contributed by atoms with Gasteiger partial charge in [0.15, 0.2) is 0 Å². The molecule has 2 nitrogen and oxygen atoms in total. The molecule has 76 valence electrons. The maximum absolute atomic E-state index is 13.0. The van der Waals surface area contributed by atoms with Crippen molar-refractivity contribution in [2.24, 2.45) is 0 Å². The molecule has 14 heavy (non-hydrogen) atoms. The number of methoxy groups -OCH3 is 1. The predicted octanol–water partition coefficient (Wildman–Crippen LogP) is 2.55. The molecule has 0 aliphatic rings. The number of hydrogen-bond donors (Lipinski definition) is 0. The molecule has 0 amide bonds. The number of alkyl halides is 2. The molecule has 0 aliphatic heterocycles. The maximum Gasteiger partial charge on any atom is 0.345 e. The van der Waals surface area contributed by atoms with E-state index in [2.05, 4.69) is 0 Å². The zero-order valence-electron chi connectivity index (χ0n) is 7.26. The predicted molar refractivity (Wildman–Crippen MR) is 47.7 cm³/mol. The molecule has 0 N–H and O–H groups in total. The maximum atomic E-state index is 13.0. The van der Waals surface area contributed by atoms with Crippen LogP contribution in [-0.2, 0) is 10.7 Å². The van der Waals surface area contributed by atoms with Crippen molar-refractivity contribution in [1.82, 2.24) is 0 Å². The average Bonchev–Trinajstić information content (AvgIpc) is 2.17.